The average molecular weight is 462 g/mol. The van der Waals surface area contributed by atoms with Gasteiger partial charge in [0.1, 0.15) is 5.75 Å². The summed E-state index contributed by atoms with van der Waals surface area (Å²) in [7, 11) is 1.66. The standard InChI is InChI=1S/C23H19N5O2S2/c1-15-8-3-4-9-16(15)21-24-20(30-27-21)14-32-23-26-25-22(19-12-7-13-31-19)28(23)17-10-5-6-11-18(17)29-2/h3-13H,14H2,1-2H3. The van der Waals surface area contributed by atoms with Gasteiger partial charge in [-0.1, -0.05) is 59.4 Å². The molecular weight excluding hydrogens is 442 g/mol. The zero-order valence-electron chi connectivity index (χ0n) is 17.4. The topological polar surface area (TPSA) is 78.9 Å². The third-order valence-corrected chi connectivity index (χ3v) is 6.66. The average Bonchev–Trinajstić information content (AvgIpc) is 3.58. The van der Waals surface area contributed by atoms with Gasteiger partial charge in [0.25, 0.3) is 0 Å². The van der Waals surface area contributed by atoms with E-state index in [0.29, 0.717) is 22.6 Å². The van der Waals surface area contributed by atoms with Crippen molar-refractivity contribution in [1.29, 1.82) is 0 Å². The molecule has 0 spiro atoms. The first-order chi connectivity index (χ1) is 15.7. The zero-order valence-corrected chi connectivity index (χ0v) is 19.1. The second-order valence-electron chi connectivity index (χ2n) is 6.91. The quantitative estimate of drug-likeness (QED) is 0.290. The largest absolute Gasteiger partial charge is 0.495 e. The zero-order chi connectivity index (χ0) is 21.9. The van der Waals surface area contributed by atoms with Crippen molar-refractivity contribution in [2.45, 2.75) is 17.8 Å². The molecule has 0 radical (unpaired) electrons. The molecule has 0 amide bonds. The van der Waals surface area contributed by atoms with Gasteiger partial charge in [0.05, 0.1) is 23.4 Å². The molecule has 3 heterocycles. The summed E-state index contributed by atoms with van der Waals surface area (Å²) in [5, 5.41) is 15.8. The molecule has 3 aromatic heterocycles. The number of hydrogen-bond acceptors (Lipinski definition) is 8. The lowest BCUT2D eigenvalue weighted by Gasteiger charge is -2.12. The Bertz CT molecular complexity index is 1340. The van der Waals surface area contributed by atoms with Crippen molar-refractivity contribution in [3.8, 4) is 33.5 Å². The lowest BCUT2D eigenvalue weighted by atomic mass is 10.1. The van der Waals surface area contributed by atoms with Gasteiger partial charge < -0.3 is 9.26 Å². The van der Waals surface area contributed by atoms with Crippen LogP contribution in [0.25, 0.3) is 27.8 Å². The second-order valence-corrected chi connectivity index (χ2v) is 8.80. The van der Waals surface area contributed by atoms with Crippen molar-refractivity contribution in [2.75, 3.05) is 7.11 Å². The normalized spacial score (nSPS) is 11.1. The number of hydrogen-bond donors (Lipinski definition) is 0. The van der Waals surface area contributed by atoms with Gasteiger partial charge in [-0.3, -0.25) is 4.57 Å². The van der Waals surface area contributed by atoms with Crippen molar-refractivity contribution < 1.29 is 9.26 Å². The highest BCUT2D eigenvalue weighted by atomic mass is 32.2. The molecule has 9 heteroatoms. The summed E-state index contributed by atoms with van der Waals surface area (Å²) in [4.78, 5) is 5.59. The van der Waals surface area contributed by atoms with E-state index in [9.17, 15) is 0 Å². The molecule has 0 aliphatic rings. The van der Waals surface area contributed by atoms with Crippen LogP contribution in [0.5, 0.6) is 5.75 Å². The van der Waals surface area contributed by atoms with Crippen LogP contribution in [0.1, 0.15) is 11.5 Å². The van der Waals surface area contributed by atoms with E-state index < -0.39 is 0 Å². The molecule has 0 fully saturated rings. The van der Waals surface area contributed by atoms with Gasteiger partial charge in [-0.15, -0.1) is 21.5 Å². The molecule has 0 saturated carbocycles. The summed E-state index contributed by atoms with van der Waals surface area (Å²) in [6, 6.07) is 19.8. The van der Waals surface area contributed by atoms with E-state index in [0.717, 1.165) is 33.3 Å². The molecule has 2 aromatic carbocycles. The van der Waals surface area contributed by atoms with E-state index in [1.165, 1.54) is 11.8 Å². The monoisotopic (exact) mass is 461 g/mol. The summed E-state index contributed by atoms with van der Waals surface area (Å²) in [6.45, 7) is 2.03. The van der Waals surface area contributed by atoms with E-state index in [4.69, 9.17) is 9.26 Å². The van der Waals surface area contributed by atoms with Crippen LogP contribution in [0.4, 0.5) is 0 Å². The molecule has 5 aromatic rings. The fourth-order valence-corrected chi connectivity index (χ4v) is 4.81. The van der Waals surface area contributed by atoms with Crippen molar-refractivity contribution >= 4 is 23.1 Å². The number of thioether (sulfide) groups is 1. The Labute approximate surface area is 193 Å². The maximum absolute atomic E-state index is 5.60. The van der Waals surface area contributed by atoms with Crippen molar-refractivity contribution in [3.63, 3.8) is 0 Å². The third kappa shape index (κ3) is 3.92. The molecule has 0 N–H and O–H groups in total. The molecule has 0 aliphatic carbocycles. The van der Waals surface area contributed by atoms with E-state index >= 15 is 0 Å². The summed E-state index contributed by atoms with van der Waals surface area (Å²) in [6.07, 6.45) is 0. The molecule has 7 nitrogen and oxygen atoms in total. The van der Waals surface area contributed by atoms with Gasteiger partial charge in [-0.2, -0.15) is 4.98 Å². The molecule has 32 heavy (non-hydrogen) atoms. The highest BCUT2D eigenvalue weighted by Crippen LogP contribution is 2.35. The van der Waals surface area contributed by atoms with E-state index in [2.05, 4.69) is 20.3 Å². The Kier molecular flexibility index (Phi) is 5.74. The van der Waals surface area contributed by atoms with Gasteiger partial charge in [0.15, 0.2) is 11.0 Å². The van der Waals surface area contributed by atoms with E-state index in [1.807, 2.05) is 77.5 Å². The first-order valence-electron chi connectivity index (χ1n) is 9.88. The minimum Gasteiger partial charge on any atom is -0.495 e. The highest BCUT2D eigenvalue weighted by Gasteiger charge is 2.20. The van der Waals surface area contributed by atoms with Gasteiger partial charge in [0, 0.05) is 5.56 Å². The first kappa shape index (κ1) is 20.5. The number of benzene rings is 2. The molecule has 160 valence electrons. The van der Waals surface area contributed by atoms with Crippen LogP contribution in [0.3, 0.4) is 0 Å². The number of aryl methyl sites for hydroxylation is 1. The Hall–Kier alpha value is -3.43. The van der Waals surface area contributed by atoms with Crippen LogP contribution in [-0.4, -0.2) is 32.0 Å². The number of nitrogens with zero attached hydrogens (tertiary/aromatic N) is 5. The molecular formula is C23H19N5O2S2. The highest BCUT2D eigenvalue weighted by molar-refractivity contribution is 7.98. The molecule has 5 rings (SSSR count). The Morgan fingerprint density at radius 2 is 1.88 bits per heavy atom. The third-order valence-electron chi connectivity index (χ3n) is 4.88. The summed E-state index contributed by atoms with van der Waals surface area (Å²) >= 11 is 3.10. The minimum absolute atomic E-state index is 0.469. The summed E-state index contributed by atoms with van der Waals surface area (Å²) in [5.74, 6) is 3.09. The number of thiophene rings is 1. The van der Waals surface area contributed by atoms with Crippen molar-refractivity contribution in [3.05, 3.63) is 77.5 Å². The summed E-state index contributed by atoms with van der Waals surface area (Å²) < 4.78 is 13.1. The lowest BCUT2D eigenvalue weighted by molar-refractivity contribution is 0.391. The molecule has 0 unspecified atom stereocenters. The predicted molar refractivity (Wildman–Crippen MR) is 125 cm³/mol. The summed E-state index contributed by atoms with van der Waals surface area (Å²) in [5.41, 5.74) is 2.94. The number of ether oxygens (including phenoxy) is 1. The lowest BCUT2D eigenvalue weighted by Crippen LogP contribution is -2.01. The SMILES string of the molecule is COc1ccccc1-n1c(SCc2nc(-c3ccccc3C)no2)nnc1-c1cccs1. The first-order valence-corrected chi connectivity index (χ1v) is 11.7. The van der Waals surface area contributed by atoms with Crippen LogP contribution in [-0.2, 0) is 5.75 Å². The Morgan fingerprint density at radius 1 is 1.03 bits per heavy atom. The Morgan fingerprint density at radius 3 is 2.69 bits per heavy atom. The van der Waals surface area contributed by atoms with E-state index in [1.54, 1.807) is 18.4 Å². The van der Waals surface area contributed by atoms with Gasteiger partial charge in [-0.25, -0.2) is 0 Å². The number of aromatic nitrogens is 5. The maximum Gasteiger partial charge on any atom is 0.237 e. The van der Waals surface area contributed by atoms with Crippen LogP contribution < -0.4 is 4.74 Å². The maximum atomic E-state index is 5.60. The predicted octanol–water partition coefficient (Wildman–Crippen LogP) is 5.66. The number of methoxy groups -OCH3 is 1. The van der Waals surface area contributed by atoms with E-state index in [-0.39, 0.29) is 0 Å². The number of para-hydroxylation sites is 2. The molecule has 0 bridgehead atoms. The fraction of sp³-hybridized carbons (Fsp3) is 0.130. The minimum atomic E-state index is 0.469. The smallest absolute Gasteiger partial charge is 0.237 e. The molecule has 0 atom stereocenters. The van der Waals surface area contributed by atoms with Crippen LogP contribution in [0, 0.1) is 6.92 Å². The van der Waals surface area contributed by atoms with Gasteiger partial charge in [0.2, 0.25) is 11.7 Å². The molecule has 0 saturated heterocycles. The van der Waals surface area contributed by atoms with Gasteiger partial charge in [-0.05, 0) is 36.1 Å². The Balaban J connectivity index is 1.47. The van der Waals surface area contributed by atoms with Crippen LogP contribution >= 0.6 is 23.1 Å². The second kappa shape index (κ2) is 8.97. The van der Waals surface area contributed by atoms with Gasteiger partial charge >= 0.3 is 0 Å². The number of rotatable bonds is 7. The van der Waals surface area contributed by atoms with Crippen molar-refractivity contribution in [2.24, 2.45) is 0 Å². The van der Waals surface area contributed by atoms with Crippen LogP contribution in [0.15, 0.2) is 75.7 Å². The van der Waals surface area contributed by atoms with Crippen molar-refractivity contribution in [1.82, 2.24) is 24.9 Å². The molecule has 0 aliphatic heterocycles. The van der Waals surface area contributed by atoms with Crippen LogP contribution in [0.2, 0.25) is 0 Å². The fourth-order valence-electron chi connectivity index (χ4n) is 3.33.